The highest BCUT2D eigenvalue weighted by Crippen LogP contribution is 2.21. The Bertz CT molecular complexity index is 566. The number of carbonyl (C=O) groups excluding carboxylic acids is 3. The van der Waals surface area contributed by atoms with Gasteiger partial charge in [0.2, 0.25) is 0 Å². The molecule has 0 aromatic heterocycles. The molecule has 0 atom stereocenters. The normalized spacial score (nSPS) is 20.0. The number of nitrogens with zero attached hydrogens (tertiary/aromatic N) is 2. The third-order valence-corrected chi connectivity index (χ3v) is 4.25. The molecule has 0 aromatic carbocycles. The highest BCUT2D eigenvalue weighted by Gasteiger charge is 2.26. The Labute approximate surface area is 149 Å². The van der Waals surface area contributed by atoms with Crippen molar-refractivity contribution < 1.29 is 19.1 Å². The molecule has 25 heavy (non-hydrogen) atoms. The molecule has 0 spiro atoms. The van der Waals surface area contributed by atoms with Crippen LogP contribution in [0.5, 0.6) is 0 Å². The van der Waals surface area contributed by atoms with Crippen molar-refractivity contribution in [2.45, 2.75) is 52.1 Å². The first-order valence-corrected chi connectivity index (χ1v) is 8.94. The number of allylic oxidation sites excluding steroid dienone is 2. The van der Waals surface area contributed by atoms with Crippen molar-refractivity contribution >= 4 is 17.9 Å². The van der Waals surface area contributed by atoms with Crippen molar-refractivity contribution in [2.75, 3.05) is 19.6 Å². The van der Waals surface area contributed by atoms with Gasteiger partial charge in [0.05, 0.1) is 0 Å². The maximum Gasteiger partial charge on any atom is 0.410 e. The Kier molecular flexibility index (Phi) is 6.39. The van der Waals surface area contributed by atoms with E-state index < -0.39 is 5.60 Å². The van der Waals surface area contributed by atoms with Gasteiger partial charge in [0, 0.05) is 19.6 Å². The second-order valence-corrected chi connectivity index (χ2v) is 7.54. The smallest absolute Gasteiger partial charge is 0.410 e. The lowest BCUT2D eigenvalue weighted by molar-refractivity contribution is -0.138. The van der Waals surface area contributed by atoms with E-state index in [0.29, 0.717) is 19.6 Å². The summed E-state index contributed by atoms with van der Waals surface area (Å²) in [5.41, 5.74) is -0.492. The topological polar surface area (TPSA) is 66.9 Å². The predicted octanol–water partition coefficient (Wildman–Crippen LogP) is 2.89. The first kappa shape index (κ1) is 19.2. The molecule has 1 fully saturated rings. The molecular weight excluding hydrogens is 320 g/mol. The average Bonchev–Trinajstić information content (AvgIpc) is 2.76. The summed E-state index contributed by atoms with van der Waals surface area (Å²) in [7, 11) is 0. The maximum atomic E-state index is 12.2. The van der Waals surface area contributed by atoms with Gasteiger partial charge in [-0.15, -0.1) is 0 Å². The minimum Gasteiger partial charge on any atom is -0.444 e. The summed E-state index contributed by atoms with van der Waals surface area (Å²) >= 11 is 0. The van der Waals surface area contributed by atoms with Crippen molar-refractivity contribution in [1.29, 1.82) is 0 Å². The van der Waals surface area contributed by atoms with Crippen LogP contribution < -0.4 is 0 Å². The third kappa shape index (κ3) is 6.03. The summed E-state index contributed by atoms with van der Waals surface area (Å²) in [4.78, 5) is 39.1. The Hall–Kier alpha value is -2.11. The van der Waals surface area contributed by atoms with Crippen LogP contribution >= 0.6 is 0 Å². The zero-order chi connectivity index (χ0) is 18.4. The van der Waals surface area contributed by atoms with Crippen molar-refractivity contribution in [3.63, 3.8) is 0 Å². The molecule has 0 bridgehead atoms. The number of rotatable bonds is 2. The molecule has 138 valence electrons. The fraction of sp³-hybridized carbons (Fsp3) is 0.632. The van der Waals surface area contributed by atoms with E-state index in [-0.39, 0.29) is 23.8 Å². The van der Waals surface area contributed by atoms with Gasteiger partial charge >= 0.3 is 6.09 Å². The zero-order valence-corrected chi connectivity index (χ0v) is 15.4. The minimum atomic E-state index is -0.492. The molecule has 2 aliphatic heterocycles. The highest BCUT2D eigenvalue weighted by molar-refractivity contribution is 6.05. The monoisotopic (exact) mass is 348 g/mol. The fourth-order valence-corrected chi connectivity index (χ4v) is 2.88. The van der Waals surface area contributed by atoms with E-state index in [2.05, 4.69) is 0 Å². The average molecular weight is 348 g/mol. The van der Waals surface area contributed by atoms with Crippen LogP contribution in [0.2, 0.25) is 0 Å². The van der Waals surface area contributed by atoms with Crippen LogP contribution in [0.4, 0.5) is 4.79 Å². The SMILES string of the molecule is CC(C)(C)OC(=O)N1CCC(/C=C/C(=O)N2CCCC=CC2=O)CC1. The second kappa shape index (κ2) is 8.32. The number of carbonyl (C=O) groups is 3. The fourth-order valence-electron chi connectivity index (χ4n) is 2.88. The van der Waals surface area contributed by atoms with Crippen molar-refractivity contribution in [1.82, 2.24) is 9.80 Å². The molecule has 3 amide bonds. The molecule has 2 heterocycles. The van der Waals surface area contributed by atoms with Crippen LogP contribution in [-0.2, 0) is 14.3 Å². The molecular formula is C19H28N2O4. The summed E-state index contributed by atoms with van der Waals surface area (Å²) in [5, 5.41) is 0. The summed E-state index contributed by atoms with van der Waals surface area (Å²) in [5.74, 6) is -0.265. The minimum absolute atomic E-state index is 0.236. The van der Waals surface area contributed by atoms with Gasteiger partial charge < -0.3 is 9.64 Å². The van der Waals surface area contributed by atoms with Crippen molar-refractivity contribution in [3.05, 3.63) is 24.3 Å². The molecule has 6 nitrogen and oxygen atoms in total. The van der Waals surface area contributed by atoms with Gasteiger partial charge in [0.25, 0.3) is 11.8 Å². The Balaban J connectivity index is 1.82. The van der Waals surface area contributed by atoms with Gasteiger partial charge in [-0.2, -0.15) is 0 Å². The molecule has 0 saturated carbocycles. The van der Waals surface area contributed by atoms with Crippen LogP contribution in [0, 0.1) is 5.92 Å². The van der Waals surface area contributed by atoms with Gasteiger partial charge in [-0.3, -0.25) is 14.5 Å². The molecule has 0 unspecified atom stereocenters. The molecule has 0 radical (unpaired) electrons. The first-order valence-electron chi connectivity index (χ1n) is 8.94. The quantitative estimate of drug-likeness (QED) is 0.720. The molecule has 0 aromatic rings. The van der Waals surface area contributed by atoms with Crippen molar-refractivity contribution in [3.8, 4) is 0 Å². The lowest BCUT2D eigenvalue weighted by atomic mass is 9.96. The van der Waals surface area contributed by atoms with E-state index >= 15 is 0 Å². The van der Waals surface area contributed by atoms with Crippen LogP contribution in [0.25, 0.3) is 0 Å². The third-order valence-electron chi connectivity index (χ3n) is 4.25. The Morgan fingerprint density at radius 3 is 2.52 bits per heavy atom. The Morgan fingerprint density at radius 1 is 1.20 bits per heavy atom. The lowest BCUT2D eigenvalue weighted by Crippen LogP contribution is -2.41. The second-order valence-electron chi connectivity index (χ2n) is 7.54. The molecule has 0 aliphatic carbocycles. The van der Waals surface area contributed by atoms with Gasteiger partial charge in [-0.05, 0) is 64.5 Å². The van der Waals surface area contributed by atoms with Gasteiger partial charge in [-0.1, -0.05) is 12.2 Å². The Morgan fingerprint density at radius 2 is 1.88 bits per heavy atom. The van der Waals surface area contributed by atoms with E-state index in [1.54, 1.807) is 4.90 Å². The van der Waals surface area contributed by atoms with Crippen LogP contribution in [0.3, 0.4) is 0 Å². The molecule has 6 heteroatoms. The van der Waals surface area contributed by atoms with E-state index in [9.17, 15) is 14.4 Å². The van der Waals surface area contributed by atoms with Crippen LogP contribution in [0.1, 0.15) is 46.5 Å². The van der Waals surface area contributed by atoms with E-state index in [4.69, 9.17) is 4.74 Å². The number of hydrogen-bond acceptors (Lipinski definition) is 4. The standard InChI is InChI=1S/C19H28N2O4/c1-19(2,3)25-18(24)20-13-10-15(11-14-20)8-9-17(23)21-12-6-4-5-7-16(21)22/h5,7-9,15H,4,6,10-14H2,1-3H3/b9-8+. The number of imide groups is 1. The van der Waals surface area contributed by atoms with Gasteiger partial charge in [0.1, 0.15) is 5.60 Å². The predicted molar refractivity (Wildman–Crippen MR) is 94.8 cm³/mol. The zero-order valence-electron chi connectivity index (χ0n) is 15.4. The lowest BCUT2D eigenvalue weighted by Gasteiger charge is -2.32. The number of piperidine rings is 1. The van der Waals surface area contributed by atoms with E-state index in [1.165, 1.54) is 17.1 Å². The summed E-state index contributed by atoms with van der Waals surface area (Å²) in [6, 6.07) is 0. The van der Waals surface area contributed by atoms with Gasteiger partial charge in [-0.25, -0.2) is 4.79 Å². The van der Waals surface area contributed by atoms with Crippen molar-refractivity contribution in [2.24, 2.45) is 5.92 Å². The summed E-state index contributed by atoms with van der Waals surface area (Å²) in [6.45, 7) is 7.25. The van der Waals surface area contributed by atoms with E-state index in [1.807, 2.05) is 32.9 Å². The van der Waals surface area contributed by atoms with Crippen LogP contribution in [0.15, 0.2) is 24.3 Å². The molecule has 2 rings (SSSR count). The maximum absolute atomic E-state index is 12.2. The van der Waals surface area contributed by atoms with E-state index in [0.717, 1.165) is 25.7 Å². The highest BCUT2D eigenvalue weighted by atomic mass is 16.6. The first-order chi connectivity index (χ1) is 11.8. The molecule has 0 N–H and O–H groups in total. The largest absolute Gasteiger partial charge is 0.444 e. The molecule has 1 saturated heterocycles. The summed E-state index contributed by atoms with van der Waals surface area (Å²) < 4.78 is 5.38. The number of amides is 3. The number of likely N-dealkylation sites (tertiary alicyclic amines) is 1. The van der Waals surface area contributed by atoms with Crippen LogP contribution in [-0.4, -0.2) is 52.9 Å². The number of ether oxygens (including phenoxy) is 1. The summed E-state index contributed by atoms with van der Waals surface area (Å²) in [6.07, 6.45) is 9.57. The molecule has 2 aliphatic rings. The van der Waals surface area contributed by atoms with Gasteiger partial charge in [0.15, 0.2) is 0 Å². The number of hydrogen-bond donors (Lipinski definition) is 0.